The van der Waals surface area contributed by atoms with Crippen LogP contribution in [0.4, 0.5) is 0 Å². The molecule has 1 aromatic rings. The van der Waals surface area contributed by atoms with Crippen LogP contribution in [-0.2, 0) is 0 Å². The summed E-state index contributed by atoms with van der Waals surface area (Å²) in [5.74, 6) is 0.0529. The number of carbonyl (C=O) groups excluding carboxylic acids is 1. The third-order valence-corrected chi connectivity index (χ3v) is 4.56. The molecule has 16 heavy (non-hydrogen) atoms. The number of thiophene rings is 1. The molecule has 3 nitrogen and oxygen atoms in total. The van der Waals surface area contributed by atoms with Gasteiger partial charge in [-0.1, -0.05) is 0 Å². The van der Waals surface area contributed by atoms with Crippen LogP contribution in [0.1, 0.15) is 29.6 Å². The molecule has 2 N–H and O–H groups in total. The summed E-state index contributed by atoms with van der Waals surface area (Å²) < 4.78 is 1.15. The molecular weight excluding hydrogens is 335 g/mol. The van der Waals surface area contributed by atoms with E-state index < -0.39 is 0 Å². The minimum absolute atomic E-state index is 0.0529. The van der Waals surface area contributed by atoms with Crippen LogP contribution in [0.2, 0.25) is 0 Å². The van der Waals surface area contributed by atoms with Gasteiger partial charge in [-0.05, 0) is 54.5 Å². The van der Waals surface area contributed by atoms with Gasteiger partial charge in [-0.3, -0.25) is 4.79 Å². The summed E-state index contributed by atoms with van der Waals surface area (Å²) in [6.07, 6.45) is 3.54. The van der Waals surface area contributed by atoms with E-state index in [2.05, 4.69) is 33.2 Å². The molecule has 0 radical (unpaired) electrons. The van der Waals surface area contributed by atoms with Gasteiger partial charge in [0.25, 0.3) is 5.91 Å². The number of halogens is 1. The standard InChI is InChI=1S/C11H15IN2OS/c12-10-6-8(7-16-10)11(15)14-5-3-9-2-1-4-13-9/h6-7,9,13H,1-5H2,(H,14,15)/t9-/m1/s1. The third-order valence-electron chi connectivity index (χ3n) is 2.77. The summed E-state index contributed by atoms with van der Waals surface area (Å²) in [7, 11) is 0. The summed E-state index contributed by atoms with van der Waals surface area (Å²) in [6, 6.07) is 2.52. The molecule has 1 amide bonds. The Morgan fingerprint density at radius 2 is 2.56 bits per heavy atom. The van der Waals surface area contributed by atoms with Crippen molar-refractivity contribution in [2.75, 3.05) is 13.1 Å². The molecule has 0 aromatic carbocycles. The van der Waals surface area contributed by atoms with Crippen molar-refractivity contribution in [1.82, 2.24) is 10.6 Å². The largest absolute Gasteiger partial charge is 0.352 e. The number of amides is 1. The predicted octanol–water partition coefficient (Wildman–Crippen LogP) is 2.22. The fourth-order valence-corrected chi connectivity index (χ4v) is 3.22. The fraction of sp³-hybridized carbons (Fsp3) is 0.545. The van der Waals surface area contributed by atoms with E-state index in [1.807, 2.05) is 11.4 Å². The Morgan fingerprint density at radius 1 is 1.69 bits per heavy atom. The van der Waals surface area contributed by atoms with Gasteiger partial charge < -0.3 is 10.6 Å². The van der Waals surface area contributed by atoms with Gasteiger partial charge in [-0.25, -0.2) is 0 Å². The van der Waals surface area contributed by atoms with Crippen LogP contribution in [0.3, 0.4) is 0 Å². The van der Waals surface area contributed by atoms with E-state index >= 15 is 0 Å². The van der Waals surface area contributed by atoms with Gasteiger partial charge in [0.15, 0.2) is 0 Å². The van der Waals surface area contributed by atoms with Gasteiger partial charge in [0.1, 0.15) is 0 Å². The van der Waals surface area contributed by atoms with E-state index in [4.69, 9.17) is 0 Å². The number of nitrogens with one attached hydrogen (secondary N) is 2. The maximum atomic E-state index is 11.7. The summed E-state index contributed by atoms with van der Waals surface area (Å²) in [5, 5.41) is 8.29. The van der Waals surface area contributed by atoms with Gasteiger partial charge in [0, 0.05) is 18.0 Å². The molecule has 2 rings (SSSR count). The lowest BCUT2D eigenvalue weighted by Crippen LogP contribution is -2.30. The first-order valence-corrected chi connectivity index (χ1v) is 7.47. The summed E-state index contributed by atoms with van der Waals surface area (Å²) in [4.78, 5) is 11.7. The molecule has 0 saturated carbocycles. The normalized spacial score (nSPS) is 19.9. The predicted molar refractivity (Wildman–Crippen MR) is 75.0 cm³/mol. The van der Waals surface area contributed by atoms with Crippen molar-refractivity contribution in [2.45, 2.75) is 25.3 Å². The van der Waals surface area contributed by atoms with Crippen LogP contribution in [0.5, 0.6) is 0 Å². The van der Waals surface area contributed by atoms with Crippen molar-refractivity contribution in [3.63, 3.8) is 0 Å². The van der Waals surface area contributed by atoms with E-state index in [1.54, 1.807) is 11.3 Å². The van der Waals surface area contributed by atoms with E-state index in [-0.39, 0.29) is 5.91 Å². The first kappa shape index (κ1) is 12.3. The molecule has 0 bridgehead atoms. The molecule has 0 spiro atoms. The highest BCUT2D eigenvalue weighted by Gasteiger charge is 2.14. The maximum Gasteiger partial charge on any atom is 0.252 e. The second-order valence-electron chi connectivity index (χ2n) is 3.98. The molecule has 88 valence electrons. The average molecular weight is 350 g/mol. The van der Waals surface area contributed by atoms with Crippen LogP contribution in [0.25, 0.3) is 0 Å². The van der Waals surface area contributed by atoms with Crippen LogP contribution in [0.15, 0.2) is 11.4 Å². The minimum atomic E-state index is 0.0529. The smallest absolute Gasteiger partial charge is 0.252 e. The Balaban J connectivity index is 1.71. The van der Waals surface area contributed by atoms with Crippen molar-refractivity contribution in [3.8, 4) is 0 Å². The zero-order valence-corrected chi connectivity index (χ0v) is 11.9. The number of hydrogen-bond acceptors (Lipinski definition) is 3. The molecule has 5 heteroatoms. The molecule has 0 aliphatic carbocycles. The topological polar surface area (TPSA) is 41.1 Å². The van der Waals surface area contributed by atoms with Gasteiger partial charge >= 0.3 is 0 Å². The zero-order valence-electron chi connectivity index (χ0n) is 8.96. The first-order chi connectivity index (χ1) is 7.75. The Morgan fingerprint density at radius 3 is 3.19 bits per heavy atom. The summed E-state index contributed by atoms with van der Waals surface area (Å²) >= 11 is 3.84. The lowest BCUT2D eigenvalue weighted by molar-refractivity contribution is 0.0953. The highest BCUT2D eigenvalue weighted by atomic mass is 127. The second-order valence-corrected chi connectivity index (χ2v) is 6.78. The third kappa shape index (κ3) is 3.43. The van der Waals surface area contributed by atoms with E-state index in [1.165, 1.54) is 12.8 Å². The highest BCUT2D eigenvalue weighted by Crippen LogP contribution is 2.16. The molecule has 1 aromatic heterocycles. The van der Waals surface area contributed by atoms with Crippen LogP contribution < -0.4 is 10.6 Å². The molecule has 1 saturated heterocycles. The molecule has 0 unspecified atom stereocenters. The number of carbonyl (C=O) groups is 1. The van der Waals surface area contributed by atoms with Crippen molar-refractivity contribution in [2.24, 2.45) is 0 Å². The lowest BCUT2D eigenvalue weighted by atomic mass is 10.1. The molecule has 1 fully saturated rings. The minimum Gasteiger partial charge on any atom is -0.352 e. The fourth-order valence-electron chi connectivity index (χ4n) is 1.89. The quantitative estimate of drug-likeness (QED) is 0.818. The van der Waals surface area contributed by atoms with Crippen LogP contribution >= 0.6 is 33.9 Å². The Kier molecular flexibility index (Phi) is 4.60. The zero-order chi connectivity index (χ0) is 11.4. The monoisotopic (exact) mass is 350 g/mol. The molecule has 2 heterocycles. The van der Waals surface area contributed by atoms with Gasteiger partial charge in [0.2, 0.25) is 0 Å². The highest BCUT2D eigenvalue weighted by molar-refractivity contribution is 14.1. The van der Waals surface area contributed by atoms with E-state index in [0.29, 0.717) is 6.04 Å². The van der Waals surface area contributed by atoms with Crippen LogP contribution in [-0.4, -0.2) is 25.0 Å². The van der Waals surface area contributed by atoms with Gasteiger partial charge in [-0.15, -0.1) is 11.3 Å². The maximum absolute atomic E-state index is 11.7. The first-order valence-electron chi connectivity index (χ1n) is 5.51. The van der Waals surface area contributed by atoms with Gasteiger partial charge in [0.05, 0.1) is 8.45 Å². The number of rotatable bonds is 4. The van der Waals surface area contributed by atoms with Crippen molar-refractivity contribution in [1.29, 1.82) is 0 Å². The van der Waals surface area contributed by atoms with E-state index in [0.717, 1.165) is 28.0 Å². The van der Waals surface area contributed by atoms with Gasteiger partial charge in [-0.2, -0.15) is 0 Å². The second kappa shape index (κ2) is 5.97. The summed E-state index contributed by atoms with van der Waals surface area (Å²) in [5.41, 5.74) is 0.786. The van der Waals surface area contributed by atoms with E-state index in [9.17, 15) is 4.79 Å². The van der Waals surface area contributed by atoms with Crippen molar-refractivity contribution >= 4 is 39.8 Å². The Hall–Kier alpha value is -0.140. The Bertz CT molecular complexity index is 361. The Labute approximate surface area is 113 Å². The van der Waals surface area contributed by atoms with Crippen LogP contribution in [0, 0.1) is 2.88 Å². The lowest BCUT2D eigenvalue weighted by Gasteiger charge is -2.10. The molecule has 1 atom stereocenters. The SMILES string of the molecule is O=C(NCC[C@H]1CCCN1)c1csc(I)c1. The van der Waals surface area contributed by atoms with Crippen molar-refractivity contribution < 1.29 is 4.79 Å². The molecule has 1 aliphatic rings. The number of hydrogen-bond donors (Lipinski definition) is 2. The average Bonchev–Trinajstić information content (AvgIpc) is 2.89. The molecular formula is C11H15IN2OS. The molecule has 1 aliphatic heterocycles. The van der Waals surface area contributed by atoms with Crippen molar-refractivity contribution in [3.05, 3.63) is 19.9 Å². The summed E-state index contributed by atoms with van der Waals surface area (Å²) in [6.45, 7) is 1.89.